The minimum absolute atomic E-state index is 0.104. The SMILES string of the molecule is CC(C)(Cc1cnccc1C(F)(F)F)C(=O)O. The molecule has 0 unspecified atom stereocenters. The Balaban J connectivity index is 3.12. The molecule has 0 aliphatic heterocycles. The summed E-state index contributed by atoms with van der Waals surface area (Å²) in [6, 6.07) is 0.854. The molecule has 6 heteroatoms. The van der Waals surface area contributed by atoms with Crippen molar-refractivity contribution in [3.8, 4) is 0 Å². The van der Waals surface area contributed by atoms with E-state index >= 15 is 0 Å². The van der Waals surface area contributed by atoms with Gasteiger partial charge in [0.25, 0.3) is 0 Å². The van der Waals surface area contributed by atoms with E-state index in [-0.39, 0.29) is 12.0 Å². The van der Waals surface area contributed by atoms with Gasteiger partial charge in [-0.1, -0.05) is 0 Å². The third-order valence-corrected chi connectivity index (χ3v) is 2.42. The first-order valence-electron chi connectivity index (χ1n) is 4.88. The van der Waals surface area contributed by atoms with Crippen LogP contribution < -0.4 is 0 Å². The molecule has 17 heavy (non-hydrogen) atoms. The topological polar surface area (TPSA) is 50.2 Å². The smallest absolute Gasteiger partial charge is 0.416 e. The molecule has 1 aromatic heterocycles. The van der Waals surface area contributed by atoms with Gasteiger partial charge >= 0.3 is 12.1 Å². The fourth-order valence-electron chi connectivity index (χ4n) is 1.40. The molecule has 0 amide bonds. The number of rotatable bonds is 3. The van der Waals surface area contributed by atoms with Gasteiger partial charge in [-0.05, 0) is 31.9 Å². The van der Waals surface area contributed by atoms with Crippen LogP contribution in [0.25, 0.3) is 0 Å². The van der Waals surface area contributed by atoms with Crippen LogP contribution in [-0.4, -0.2) is 16.1 Å². The maximum absolute atomic E-state index is 12.6. The summed E-state index contributed by atoms with van der Waals surface area (Å²) in [5.41, 5.74) is -2.20. The summed E-state index contributed by atoms with van der Waals surface area (Å²) < 4.78 is 37.9. The fraction of sp³-hybridized carbons (Fsp3) is 0.455. The third-order valence-electron chi connectivity index (χ3n) is 2.42. The van der Waals surface area contributed by atoms with Crippen LogP contribution in [0.1, 0.15) is 25.0 Å². The highest BCUT2D eigenvalue weighted by molar-refractivity contribution is 5.74. The van der Waals surface area contributed by atoms with Gasteiger partial charge in [0.2, 0.25) is 0 Å². The van der Waals surface area contributed by atoms with Crippen molar-refractivity contribution >= 4 is 5.97 Å². The molecule has 1 heterocycles. The first-order valence-corrected chi connectivity index (χ1v) is 4.88. The van der Waals surface area contributed by atoms with Crippen LogP contribution in [0.3, 0.4) is 0 Å². The Morgan fingerprint density at radius 3 is 2.47 bits per heavy atom. The molecule has 1 N–H and O–H groups in total. The number of carbonyl (C=O) groups is 1. The molecule has 0 saturated carbocycles. The van der Waals surface area contributed by atoms with Crippen molar-refractivity contribution in [3.63, 3.8) is 0 Å². The number of nitrogens with zero attached hydrogens (tertiary/aromatic N) is 1. The molecule has 94 valence electrons. The normalized spacial score (nSPS) is 12.5. The zero-order valence-corrected chi connectivity index (χ0v) is 9.38. The van der Waals surface area contributed by atoms with E-state index in [0.29, 0.717) is 0 Å². The van der Waals surface area contributed by atoms with E-state index in [9.17, 15) is 18.0 Å². The van der Waals surface area contributed by atoms with Crippen LogP contribution >= 0.6 is 0 Å². The molecule has 0 fully saturated rings. The maximum atomic E-state index is 12.6. The summed E-state index contributed by atoms with van der Waals surface area (Å²) in [5.74, 6) is -1.14. The molecule has 0 saturated heterocycles. The number of aliphatic carboxylic acids is 1. The predicted octanol–water partition coefficient (Wildman–Crippen LogP) is 2.75. The zero-order chi connectivity index (χ0) is 13.3. The Labute approximate surface area is 96.3 Å². The van der Waals surface area contributed by atoms with E-state index in [1.807, 2.05) is 0 Å². The van der Waals surface area contributed by atoms with E-state index in [0.717, 1.165) is 18.5 Å². The van der Waals surface area contributed by atoms with Gasteiger partial charge in [-0.15, -0.1) is 0 Å². The first-order chi connectivity index (χ1) is 7.64. The Morgan fingerprint density at radius 2 is 2.00 bits per heavy atom. The zero-order valence-electron chi connectivity index (χ0n) is 9.38. The van der Waals surface area contributed by atoms with Crippen molar-refractivity contribution in [1.82, 2.24) is 4.98 Å². The molecule has 0 aromatic carbocycles. The molecule has 0 atom stereocenters. The van der Waals surface area contributed by atoms with Gasteiger partial charge in [0.05, 0.1) is 11.0 Å². The molecular formula is C11H12F3NO2. The monoisotopic (exact) mass is 247 g/mol. The highest BCUT2D eigenvalue weighted by Crippen LogP contribution is 2.34. The second-order valence-electron chi connectivity index (χ2n) is 4.40. The Hall–Kier alpha value is -1.59. The molecule has 0 bridgehead atoms. The van der Waals surface area contributed by atoms with Gasteiger partial charge in [0, 0.05) is 12.4 Å². The third kappa shape index (κ3) is 3.18. The van der Waals surface area contributed by atoms with Crippen LogP contribution in [0.2, 0.25) is 0 Å². The maximum Gasteiger partial charge on any atom is 0.416 e. The summed E-state index contributed by atoms with van der Waals surface area (Å²) in [5, 5.41) is 8.89. The summed E-state index contributed by atoms with van der Waals surface area (Å²) in [4.78, 5) is 14.5. The molecule has 1 rings (SSSR count). The van der Waals surface area contributed by atoms with Gasteiger partial charge < -0.3 is 5.11 Å². The Morgan fingerprint density at radius 1 is 1.41 bits per heavy atom. The largest absolute Gasteiger partial charge is 0.481 e. The standard InChI is InChI=1S/C11H12F3NO2/c1-10(2,9(16)17)5-7-6-15-4-3-8(7)11(12,13)14/h3-4,6H,5H2,1-2H3,(H,16,17). The predicted molar refractivity (Wildman–Crippen MR) is 54.4 cm³/mol. The van der Waals surface area contributed by atoms with Gasteiger partial charge in [0.15, 0.2) is 0 Å². The van der Waals surface area contributed by atoms with E-state index in [1.165, 1.54) is 13.8 Å². The van der Waals surface area contributed by atoms with Crippen LogP contribution in [0, 0.1) is 5.41 Å². The summed E-state index contributed by atoms with van der Waals surface area (Å²) in [6.07, 6.45) is -2.61. The minimum Gasteiger partial charge on any atom is -0.481 e. The van der Waals surface area contributed by atoms with Crippen molar-refractivity contribution in [2.75, 3.05) is 0 Å². The average Bonchev–Trinajstić information content (AvgIpc) is 2.15. The lowest BCUT2D eigenvalue weighted by atomic mass is 9.85. The first kappa shape index (κ1) is 13.5. The summed E-state index contributed by atoms with van der Waals surface area (Å²) >= 11 is 0. The molecule has 0 aliphatic carbocycles. The van der Waals surface area contributed by atoms with Crippen molar-refractivity contribution in [2.24, 2.45) is 5.41 Å². The van der Waals surface area contributed by atoms with E-state index in [1.54, 1.807) is 0 Å². The van der Waals surface area contributed by atoms with Crippen molar-refractivity contribution in [2.45, 2.75) is 26.4 Å². The van der Waals surface area contributed by atoms with Gasteiger partial charge in [0.1, 0.15) is 0 Å². The number of halogens is 3. The minimum atomic E-state index is -4.49. The molecular weight excluding hydrogens is 235 g/mol. The molecule has 0 radical (unpaired) electrons. The van der Waals surface area contributed by atoms with Gasteiger partial charge in [-0.25, -0.2) is 0 Å². The number of pyridine rings is 1. The number of hydrogen-bond donors (Lipinski definition) is 1. The molecule has 3 nitrogen and oxygen atoms in total. The quantitative estimate of drug-likeness (QED) is 0.893. The number of hydrogen-bond acceptors (Lipinski definition) is 2. The number of carboxylic acid groups (broad SMARTS) is 1. The van der Waals surface area contributed by atoms with E-state index in [4.69, 9.17) is 5.11 Å². The van der Waals surface area contributed by atoms with E-state index < -0.39 is 23.1 Å². The lowest BCUT2D eigenvalue weighted by Crippen LogP contribution is -2.27. The Bertz CT molecular complexity index is 427. The van der Waals surface area contributed by atoms with Crippen LogP contribution in [0.15, 0.2) is 18.5 Å². The highest BCUT2D eigenvalue weighted by atomic mass is 19.4. The van der Waals surface area contributed by atoms with Gasteiger partial charge in [-0.3, -0.25) is 9.78 Å². The van der Waals surface area contributed by atoms with Crippen molar-refractivity contribution in [1.29, 1.82) is 0 Å². The second-order valence-corrected chi connectivity index (χ2v) is 4.40. The Kier molecular flexibility index (Phi) is 3.45. The van der Waals surface area contributed by atoms with Crippen LogP contribution in [-0.2, 0) is 17.4 Å². The number of carboxylic acids is 1. The molecule has 1 aromatic rings. The summed E-state index contributed by atoms with van der Waals surface area (Å²) in [7, 11) is 0. The highest BCUT2D eigenvalue weighted by Gasteiger charge is 2.36. The van der Waals surface area contributed by atoms with E-state index in [2.05, 4.69) is 4.98 Å². The number of aromatic nitrogens is 1. The lowest BCUT2D eigenvalue weighted by Gasteiger charge is -2.21. The molecule has 0 aliphatic rings. The number of alkyl halides is 3. The molecule has 0 spiro atoms. The van der Waals surface area contributed by atoms with Crippen molar-refractivity contribution < 1.29 is 23.1 Å². The average molecular weight is 247 g/mol. The van der Waals surface area contributed by atoms with Crippen LogP contribution in [0.4, 0.5) is 13.2 Å². The lowest BCUT2D eigenvalue weighted by molar-refractivity contribution is -0.148. The fourth-order valence-corrected chi connectivity index (χ4v) is 1.40. The van der Waals surface area contributed by atoms with Gasteiger partial charge in [-0.2, -0.15) is 13.2 Å². The summed E-state index contributed by atoms with van der Waals surface area (Å²) in [6.45, 7) is 2.75. The van der Waals surface area contributed by atoms with Crippen LogP contribution in [0.5, 0.6) is 0 Å². The van der Waals surface area contributed by atoms with Crippen molar-refractivity contribution in [3.05, 3.63) is 29.6 Å². The second kappa shape index (κ2) is 4.35.